The van der Waals surface area contributed by atoms with Crippen molar-refractivity contribution in [3.8, 4) is 0 Å². The van der Waals surface area contributed by atoms with Gasteiger partial charge in [-0.1, -0.05) is 6.07 Å². The van der Waals surface area contributed by atoms with Crippen LogP contribution in [0.15, 0.2) is 55.0 Å². The van der Waals surface area contributed by atoms with Gasteiger partial charge < -0.3 is 10.6 Å². The first kappa shape index (κ1) is 13.1. The van der Waals surface area contributed by atoms with E-state index in [1.807, 2.05) is 30.3 Å². The first-order valence-electron chi connectivity index (χ1n) is 6.56. The standard InChI is InChI=1S/C16H14N4O/c1-17-13-7-9-18-10-12(13)16(21)20-15-6-2-5-14-11(15)4-3-8-19-14/h2-10H,1H3,(H,17,18)(H,20,21). The van der Waals surface area contributed by atoms with Gasteiger partial charge in [-0.15, -0.1) is 0 Å². The lowest BCUT2D eigenvalue weighted by atomic mass is 10.1. The fourth-order valence-electron chi connectivity index (χ4n) is 2.20. The maximum Gasteiger partial charge on any atom is 0.259 e. The molecule has 2 N–H and O–H groups in total. The van der Waals surface area contributed by atoms with E-state index in [0.717, 1.165) is 22.3 Å². The Hall–Kier alpha value is -2.95. The number of fused-ring (bicyclic) bond motifs is 1. The number of aromatic nitrogens is 2. The highest BCUT2D eigenvalue weighted by atomic mass is 16.1. The predicted octanol–water partition coefficient (Wildman–Crippen LogP) is 2.92. The molecule has 1 amide bonds. The smallest absolute Gasteiger partial charge is 0.259 e. The van der Waals surface area contributed by atoms with E-state index in [4.69, 9.17) is 0 Å². The maximum atomic E-state index is 12.4. The molecule has 0 fully saturated rings. The van der Waals surface area contributed by atoms with E-state index in [2.05, 4.69) is 20.6 Å². The number of hydrogen-bond donors (Lipinski definition) is 2. The van der Waals surface area contributed by atoms with Crippen LogP contribution < -0.4 is 10.6 Å². The zero-order valence-electron chi connectivity index (χ0n) is 11.5. The average Bonchev–Trinajstić information content (AvgIpc) is 2.55. The summed E-state index contributed by atoms with van der Waals surface area (Å²) >= 11 is 0. The van der Waals surface area contributed by atoms with Crippen LogP contribution in [0.2, 0.25) is 0 Å². The van der Waals surface area contributed by atoms with E-state index in [1.54, 1.807) is 31.7 Å². The lowest BCUT2D eigenvalue weighted by Crippen LogP contribution is -2.14. The summed E-state index contributed by atoms with van der Waals surface area (Å²) in [5.41, 5.74) is 2.81. The lowest BCUT2D eigenvalue weighted by Gasteiger charge is -2.10. The van der Waals surface area contributed by atoms with E-state index in [-0.39, 0.29) is 5.91 Å². The second-order valence-electron chi connectivity index (χ2n) is 4.50. The zero-order valence-corrected chi connectivity index (χ0v) is 11.5. The number of benzene rings is 1. The second kappa shape index (κ2) is 5.58. The predicted molar refractivity (Wildman–Crippen MR) is 83.5 cm³/mol. The first-order valence-corrected chi connectivity index (χ1v) is 6.56. The van der Waals surface area contributed by atoms with E-state index >= 15 is 0 Å². The molecular formula is C16H14N4O. The molecule has 0 spiro atoms. The minimum Gasteiger partial charge on any atom is -0.387 e. The molecule has 21 heavy (non-hydrogen) atoms. The summed E-state index contributed by atoms with van der Waals surface area (Å²) in [5, 5.41) is 6.81. The van der Waals surface area contributed by atoms with Crippen LogP contribution in [0.25, 0.3) is 10.9 Å². The molecule has 0 aliphatic carbocycles. The topological polar surface area (TPSA) is 66.9 Å². The number of nitrogens with one attached hydrogen (secondary N) is 2. The van der Waals surface area contributed by atoms with Crippen molar-refractivity contribution in [2.45, 2.75) is 0 Å². The van der Waals surface area contributed by atoms with Gasteiger partial charge >= 0.3 is 0 Å². The minimum atomic E-state index is -0.205. The number of rotatable bonds is 3. The van der Waals surface area contributed by atoms with Crippen molar-refractivity contribution in [2.75, 3.05) is 17.7 Å². The van der Waals surface area contributed by atoms with Crippen LogP contribution in [0, 0.1) is 0 Å². The number of pyridine rings is 2. The molecule has 0 bridgehead atoms. The summed E-state index contributed by atoms with van der Waals surface area (Å²) in [6.07, 6.45) is 4.92. The van der Waals surface area contributed by atoms with Crippen molar-refractivity contribution in [1.29, 1.82) is 0 Å². The fourth-order valence-corrected chi connectivity index (χ4v) is 2.20. The SMILES string of the molecule is CNc1ccncc1C(=O)Nc1cccc2ncccc12. The molecule has 104 valence electrons. The Morgan fingerprint density at radius 3 is 2.81 bits per heavy atom. The van der Waals surface area contributed by atoms with Crippen LogP contribution in [-0.2, 0) is 0 Å². The Kier molecular flexibility index (Phi) is 3.47. The highest BCUT2D eigenvalue weighted by Crippen LogP contribution is 2.23. The van der Waals surface area contributed by atoms with Crippen molar-refractivity contribution in [3.05, 3.63) is 60.6 Å². The summed E-state index contributed by atoms with van der Waals surface area (Å²) in [6.45, 7) is 0. The molecule has 5 nitrogen and oxygen atoms in total. The summed E-state index contributed by atoms with van der Waals surface area (Å²) < 4.78 is 0. The molecule has 2 heterocycles. The van der Waals surface area contributed by atoms with Crippen LogP contribution in [0.3, 0.4) is 0 Å². The molecule has 2 aromatic heterocycles. The van der Waals surface area contributed by atoms with Gasteiger partial charge in [0, 0.05) is 36.7 Å². The van der Waals surface area contributed by atoms with Gasteiger partial charge in [0.25, 0.3) is 5.91 Å². The molecule has 0 aliphatic heterocycles. The molecular weight excluding hydrogens is 264 g/mol. The Morgan fingerprint density at radius 1 is 1.05 bits per heavy atom. The number of amides is 1. The van der Waals surface area contributed by atoms with Crippen LogP contribution in [0.1, 0.15) is 10.4 Å². The Bertz CT molecular complexity index is 796. The van der Waals surface area contributed by atoms with Crippen LogP contribution in [0.5, 0.6) is 0 Å². The van der Waals surface area contributed by atoms with Gasteiger partial charge in [-0.2, -0.15) is 0 Å². The Labute approximate surface area is 122 Å². The van der Waals surface area contributed by atoms with Crippen molar-refractivity contribution >= 4 is 28.2 Å². The van der Waals surface area contributed by atoms with Crippen molar-refractivity contribution in [1.82, 2.24) is 9.97 Å². The number of anilines is 2. The largest absolute Gasteiger partial charge is 0.387 e. The minimum absolute atomic E-state index is 0.205. The van der Waals surface area contributed by atoms with Gasteiger partial charge in [-0.05, 0) is 30.3 Å². The van der Waals surface area contributed by atoms with Gasteiger partial charge in [0.05, 0.1) is 16.8 Å². The first-order chi connectivity index (χ1) is 10.3. The van der Waals surface area contributed by atoms with Crippen molar-refractivity contribution < 1.29 is 4.79 Å². The lowest BCUT2D eigenvalue weighted by molar-refractivity contribution is 0.102. The molecule has 0 unspecified atom stereocenters. The van der Waals surface area contributed by atoms with Gasteiger partial charge in [0.2, 0.25) is 0 Å². The van der Waals surface area contributed by atoms with Crippen LogP contribution in [0.4, 0.5) is 11.4 Å². The fraction of sp³-hybridized carbons (Fsp3) is 0.0625. The monoisotopic (exact) mass is 278 g/mol. The Balaban J connectivity index is 1.97. The molecule has 3 aromatic rings. The maximum absolute atomic E-state index is 12.4. The van der Waals surface area contributed by atoms with Crippen molar-refractivity contribution in [3.63, 3.8) is 0 Å². The summed E-state index contributed by atoms with van der Waals surface area (Å²) in [7, 11) is 1.77. The van der Waals surface area contributed by atoms with Gasteiger partial charge in [-0.25, -0.2) is 0 Å². The van der Waals surface area contributed by atoms with E-state index in [0.29, 0.717) is 5.56 Å². The average molecular weight is 278 g/mol. The molecule has 0 radical (unpaired) electrons. The number of hydrogen-bond acceptors (Lipinski definition) is 4. The third-order valence-electron chi connectivity index (χ3n) is 3.23. The highest BCUT2D eigenvalue weighted by Gasteiger charge is 2.12. The van der Waals surface area contributed by atoms with Crippen molar-refractivity contribution in [2.24, 2.45) is 0 Å². The molecule has 0 saturated carbocycles. The Morgan fingerprint density at radius 2 is 1.95 bits per heavy atom. The quantitative estimate of drug-likeness (QED) is 0.773. The normalized spacial score (nSPS) is 10.3. The number of carbonyl (C=O) groups excluding carboxylic acids is 1. The number of nitrogens with zero attached hydrogens (tertiary/aromatic N) is 2. The highest BCUT2D eigenvalue weighted by molar-refractivity contribution is 6.11. The van der Waals surface area contributed by atoms with Gasteiger partial charge in [0.15, 0.2) is 0 Å². The molecule has 0 saturated heterocycles. The molecule has 5 heteroatoms. The van der Waals surface area contributed by atoms with Gasteiger partial charge in [0.1, 0.15) is 0 Å². The number of carbonyl (C=O) groups is 1. The summed E-state index contributed by atoms with van der Waals surface area (Å²) in [4.78, 5) is 20.7. The molecule has 1 aromatic carbocycles. The van der Waals surface area contributed by atoms with E-state index in [1.165, 1.54) is 0 Å². The molecule has 3 rings (SSSR count). The van der Waals surface area contributed by atoms with Crippen LogP contribution >= 0.6 is 0 Å². The van der Waals surface area contributed by atoms with Gasteiger partial charge in [-0.3, -0.25) is 14.8 Å². The summed E-state index contributed by atoms with van der Waals surface area (Å²) in [6, 6.07) is 11.2. The molecule has 0 aliphatic rings. The zero-order chi connectivity index (χ0) is 14.7. The van der Waals surface area contributed by atoms with Crippen LogP contribution in [-0.4, -0.2) is 22.9 Å². The summed E-state index contributed by atoms with van der Waals surface area (Å²) in [5.74, 6) is -0.205. The third kappa shape index (κ3) is 2.53. The van der Waals surface area contributed by atoms with E-state index in [9.17, 15) is 4.79 Å². The molecule has 0 atom stereocenters. The third-order valence-corrected chi connectivity index (χ3v) is 3.23. The van der Waals surface area contributed by atoms with E-state index < -0.39 is 0 Å². The second-order valence-corrected chi connectivity index (χ2v) is 4.50.